The summed E-state index contributed by atoms with van der Waals surface area (Å²) in [7, 11) is 0. The van der Waals surface area contributed by atoms with Crippen molar-refractivity contribution in [2.75, 3.05) is 69.7 Å². The number of nitrogen functional groups attached to an aromatic ring is 2. The second-order valence-corrected chi connectivity index (χ2v) is 44.4. The highest BCUT2D eigenvalue weighted by Gasteiger charge is 2.09. The molecule has 0 amide bonds. The molecule has 0 saturated carbocycles. The zero-order valence-electron chi connectivity index (χ0n) is 80.0. The molecular formula is C120H106BBr4Cl2I4N3O14S. The fourth-order valence-electron chi connectivity index (χ4n) is 13.1. The highest BCUT2D eigenvalue weighted by Crippen LogP contribution is 2.30. The first kappa shape index (κ1) is 125. The van der Waals surface area contributed by atoms with Gasteiger partial charge in [0.25, 0.3) is 0 Å². The first-order valence-corrected chi connectivity index (χ1v) is 54.8. The molecule has 17 aromatic rings. The number of esters is 3. The number of hydrogen-bond donors (Lipinski definition) is 6. The van der Waals surface area contributed by atoms with Crippen LogP contribution in [0.4, 0.5) is 17.1 Å². The number of carbonyl (C=O) groups excluding carboxylic acids is 3. The van der Waals surface area contributed by atoms with Gasteiger partial charge in [0.1, 0.15) is 28.7 Å². The summed E-state index contributed by atoms with van der Waals surface area (Å²) in [6.07, 6.45) is 11.1. The van der Waals surface area contributed by atoms with Gasteiger partial charge in [-0.15, -0.1) is 76.9 Å². The van der Waals surface area contributed by atoms with Crippen LogP contribution in [0.2, 0.25) is 0 Å². The molecule has 764 valence electrons. The number of nitrogens with zero attached hydrogens (tertiary/aromatic N) is 1. The van der Waals surface area contributed by atoms with Crippen LogP contribution in [-0.4, -0.2) is 105 Å². The number of halogens is 10. The molecule has 17 rings (SSSR count). The molecule has 29 heteroatoms. The van der Waals surface area contributed by atoms with E-state index in [-0.39, 0.29) is 35.8 Å². The van der Waals surface area contributed by atoms with Crippen LogP contribution in [0.3, 0.4) is 0 Å². The van der Waals surface area contributed by atoms with Gasteiger partial charge in [0.05, 0.1) is 75.6 Å². The number of terminal acetylenes is 1. The SMILES string of the molecule is BrB(Br)Br.C.C#Cc1ccc(N)cc1.C=CC(=O)OCCCOc1ccc2cc(C#Cc3ccc(N)cc3)ccc2c1.C=CC(=O)OCCCOc1ccc2cc(C#Cc3ccc(N=C=S)cc3)ccc2c1.C=CC(=O)OCCCOc1ccc2cc(I)ccc2c1.ClCCl.OCCCOc1ccc2cc(I)ccc2c1.OCc1ccc2cc(Br)ccc2c1.OCc1ccc2cc(I)ccc2c1.Oc1ccc2cc(I)ccc2c1. The second-order valence-electron chi connectivity index (χ2n) is 31.0. The molecule has 17 aromatic carbocycles. The van der Waals surface area contributed by atoms with Gasteiger partial charge in [-0.2, -0.15) is 4.99 Å². The Morgan fingerprint density at radius 2 is 0.638 bits per heavy atom. The smallest absolute Gasteiger partial charge is 0.369 e. The van der Waals surface area contributed by atoms with Gasteiger partial charge in [0, 0.05) is 108 Å². The van der Waals surface area contributed by atoms with Crippen LogP contribution >= 0.6 is 189 Å². The number of hydrogen-bond acceptors (Lipinski definition) is 18. The number of benzene rings is 17. The molecule has 0 aliphatic carbocycles. The number of aliphatic hydroxyl groups excluding tert-OH is 3. The van der Waals surface area contributed by atoms with Crippen molar-refractivity contribution in [3.8, 4) is 64.8 Å². The third kappa shape index (κ3) is 48.2. The molecule has 17 nitrogen and oxygen atoms in total. The fourth-order valence-corrected chi connectivity index (χ4v) is 15.6. The first-order chi connectivity index (χ1) is 71.6. The number of rotatable bonds is 25. The number of aromatic hydroxyl groups is 1. The van der Waals surface area contributed by atoms with Gasteiger partial charge in [-0.3, -0.25) is 0 Å². The minimum atomic E-state index is -0.420. The fraction of sp³-hybridized carbons (Fsp3) is 0.133. The first-order valence-electron chi connectivity index (χ1n) is 45.5. The molecule has 0 unspecified atom stereocenters. The zero-order valence-corrected chi connectivity index (χ0v) is 97.3. The summed E-state index contributed by atoms with van der Waals surface area (Å²) in [6, 6.07) is 107. The van der Waals surface area contributed by atoms with Gasteiger partial charge in [0.15, 0.2) is 0 Å². The molecule has 0 heterocycles. The van der Waals surface area contributed by atoms with E-state index in [9.17, 15) is 19.5 Å². The van der Waals surface area contributed by atoms with Crippen molar-refractivity contribution >= 4 is 308 Å². The molecule has 149 heavy (non-hydrogen) atoms. The summed E-state index contributed by atoms with van der Waals surface area (Å²) in [5.41, 5.74) is 19.8. The van der Waals surface area contributed by atoms with Crippen molar-refractivity contribution in [3.63, 3.8) is 0 Å². The summed E-state index contributed by atoms with van der Waals surface area (Å²) in [4.78, 5) is 36.7. The topological polar surface area (TPSA) is 261 Å². The molecule has 8 N–H and O–H groups in total. The molecule has 0 atom stereocenters. The quantitative estimate of drug-likeness (QED) is 0.00266. The van der Waals surface area contributed by atoms with Crippen LogP contribution < -0.4 is 30.4 Å². The number of nitrogens with two attached hydrogens (primary N) is 2. The average Bonchev–Trinajstić information content (AvgIpc) is 0.797. The minimum Gasteiger partial charge on any atom is -0.508 e. The Morgan fingerprint density at radius 1 is 0.369 bits per heavy atom. The summed E-state index contributed by atoms with van der Waals surface area (Å²) >= 11 is 36.0. The number of alkyl halides is 2. The molecule has 0 fully saturated rings. The van der Waals surface area contributed by atoms with Crippen LogP contribution in [0.5, 0.6) is 28.7 Å². The molecule has 0 aliphatic rings. The van der Waals surface area contributed by atoms with Crippen molar-refractivity contribution in [2.45, 2.75) is 46.3 Å². The molecular weight excluding hydrogens is 2650 g/mol. The molecule has 0 aliphatic heterocycles. The normalized spacial score (nSPS) is 9.85. The number of fused-ring (bicyclic) bond motifs is 7. The Hall–Kier alpha value is -11.4. The summed E-state index contributed by atoms with van der Waals surface area (Å²) in [5, 5.41) is 54.4. The standard InChI is InChI=1S/C25H19NO3S.C24H21NO3.C16H15IO3.C13H13IO2.C11H9BrO.C11H9IO.C10H7IO.C8H7N.CH2Cl2.CH4.BBr3/c1-2-25(27)29-15-3-14-28-24-13-10-21-16-20(6-9-22(21)17-24)5-4-19-7-11-23(12-8-19)26-18-30;1-2-24(26)28-15-3-14-27-23-13-10-20-16-19(6-9-21(20)17-23)5-4-18-7-11-22(25)12-8-18;1-2-16(18)20-9-3-8-19-15-7-5-12-10-14(17)6-4-13(12)11-15;14-12-4-2-11-9-13(16-7-1-6-15)5-3-10(11)8-12;2*12-11-4-3-9-5-8(7-13)1-2-10(9)6-11;11-9-3-1-8-6-10(12)4-2-7(8)5-9;1-2-7-3-5-8(9)6-4-7;2-1-3;;2-1(3)4/h2,6-13,16-17H,1,3,14-15H2;2,6-13,16-17H,1,3,14-15,25H2;2,4-7,10-11H,1,3,8-9H2;2-5,8-9,15H,1,6-7H2;2*1-6,13H,7H2;1-6,12H;1,3-6H,9H2;1H2;1H4;. The molecule has 0 radical (unpaired) electrons. The van der Waals surface area contributed by atoms with E-state index < -0.39 is 17.9 Å². The predicted molar refractivity (Wildman–Crippen MR) is 669 cm³/mol. The Bertz CT molecular complexity index is 7370. The lowest BCUT2D eigenvalue weighted by atomic mass is 10.1. The van der Waals surface area contributed by atoms with Gasteiger partial charge >= 0.3 is 21.1 Å². The van der Waals surface area contributed by atoms with E-state index in [1.807, 2.05) is 224 Å². The van der Waals surface area contributed by atoms with Crippen molar-refractivity contribution in [1.29, 1.82) is 0 Å². The molecule has 0 spiro atoms. The maximum absolute atomic E-state index is 11.0. The lowest BCUT2D eigenvalue weighted by Crippen LogP contribution is -2.06. The lowest BCUT2D eigenvalue weighted by molar-refractivity contribution is -0.138. The summed E-state index contributed by atoms with van der Waals surface area (Å²) in [6.45, 7) is 13.4. The Balaban J connectivity index is 0.000000234. The zero-order chi connectivity index (χ0) is 107. The van der Waals surface area contributed by atoms with E-state index in [0.29, 0.717) is 77.7 Å². The maximum Gasteiger partial charge on any atom is 0.369 e. The van der Waals surface area contributed by atoms with Crippen LogP contribution in [0.1, 0.15) is 72.1 Å². The van der Waals surface area contributed by atoms with Crippen LogP contribution in [-0.2, 0) is 41.8 Å². The molecule has 0 saturated heterocycles. The summed E-state index contributed by atoms with van der Waals surface area (Å²) < 4.78 is 43.6. The number of thiocarbonyl (C=S) groups is 1. The third-order valence-corrected chi connectivity index (χ3v) is 23.5. The number of aliphatic imine (C=N–C) groups is 1. The maximum atomic E-state index is 11.0. The largest absolute Gasteiger partial charge is 0.508 e. The van der Waals surface area contributed by atoms with E-state index in [4.69, 9.17) is 89.6 Å². The molecule has 0 aromatic heterocycles. The number of aliphatic hydroxyl groups is 3. The number of carbonyl (C=O) groups is 3. The monoisotopic (exact) mass is 2750 g/mol. The Kier molecular flexibility index (Phi) is 59.0. The third-order valence-electron chi connectivity index (χ3n) is 20.3. The van der Waals surface area contributed by atoms with Gasteiger partial charge in [-0.1, -0.05) is 170 Å². The summed E-state index contributed by atoms with van der Waals surface area (Å²) in [5.74, 6) is 17.5. The number of isothiocyanates is 1. The highest BCUT2D eigenvalue weighted by molar-refractivity contribution is 14.1. The van der Waals surface area contributed by atoms with E-state index in [0.717, 1.165) is 139 Å². The second kappa shape index (κ2) is 70.6. The predicted octanol–water partition coefficient (Wildman–Crippen LogP) is 31.6. The Labute approximate surface area is 973 Å². The van der Waals surface area contributed by atoms with Crippen LogP contribution in [0.15, 0.2) is 375 Å². The van der Waals surface area contributed by atoms with Crippen molar-refractivity contribution in [1.82, 2.24) is 0 Å². The molecule has 0 bridgehead atoms. The highest BCUT2D eigenvalue weighted by atomic mass is 127. The number of phenolic OH excluding ortho intramolecular Hbond substituents is 1. The van der Waals surface area contributed by atoms with Gasteiger partial charge in [0.2, 0.25) is 0 Å². The van der Waals surface area contributed by atoms with Crippen LogP contribution in [0, 0.1) is 50.3 Å². The van der Waals surface area contributed by atoms with Crippen LogP contribution in [0.25, 0.3) is 75.4 Å². The Morgan fingerprint density at radius 3 is 0.973 bits per heavy atom. The van der Waals surface area contributed by atoms with Crippen molar-refractivity contribution < 1.29 is 68.0 Å². The van der Waals surface area contributed by atoms with E-state index >= 15 is 0 Å². The number of phenols is 1. The lowest BCUT2D eigenvalue weighted by Gasteiger charge is -2.08. The van der Waals surface area contributed by atoms with E-state index in [1.54, 1.807) is 24.3 Å². The van der Waals surface area contributed by atoms with E-state index in [1.165, 1.54) is 52.0 Å². The minimum absolute atomic E-state index is 0. The van der Waals surface area contributed by atoms with Crippen molar-refractivity contribution in [2.24, 2.45) is 4.99 Å². The van der Waals surface area contributed by atoms with Gasteiger partial charge < -0.3 is 65.1 Å². The number of anilines is 2. The number of ether oxygens (including phenoxy) is 7. The van der Waals surface area contributed by atoms with E-state index in [2.05, 4.69) is 304 Å². The van der Waals surface area contributed by atoms with Crippen molar-refractivity contribution in [3.05, 3.63) is 423 Å². The van der Waals surface area contributed by atoms with Gasteiger partial charge in [-0.05, 0) is 420 Å². The van der Waals surface area contributed by atoms with Gasteiger partial charge in [-0.25, -0.2) is 14.4 Å². The average molecular weight is 2760 g/mol.